The van der Waals surface area contributed by atoms with Gasteiger partial charge in [-0.2, -0.15) is 5.10 Å². The lowest BCUT2D eigenvalue weighted by Crippen LogP contribution is -2.49. The summed E-state index contributed by atoms with van der Waals surface area (Å²) in [5.74, 6) is -0.189. The van der Waals surface area contributed by atoms with E-state index >= 15 is 0 Å². The molecule has 100 valence electrons. The number of carbonyl (C=O) groups is 1. The van der Waals surface area contributed by atoms with Crippen LogP contribution in [0.15, 0.2) is 48.8 Å². The zero-order chi connectivity index (χ0) is 13.7. The van der Waals surface area contributed by atoms with E-state index in [0.29, 0.717) is 13.1 Å². The van der Waals surface area contributed by atoms with Gasteiger partial charge in [0.05, 0.1) is 6.54 Å². The lowest BCUT2D eigenvalue weighted by molar-refractivity contribution is -0.126. The Balaban J connectivity index is 1.92. The summed E-state index contributed by atoms with van der Waals surface area (Å²) < 4.78 is 1.76. The highest BCUT2D eigenvalue weighted by atomic mass is 16.2. The third-order valence-electron chi connectivity index (χ3n) is 3.03. The molecular formula is C14H18N4O. The highest BCUT2D eigenvalue weighted by molar-refractivity contribution is 5.86. The van der Waals surface area contributed by atoms with E-state index in [0.717, 1.165) is 5.56 Å². The van der Waals surface area contributed by atoms with Crippen molar-refractivity contribution in [2.45, 2.75) is 19.0 Å². The lowest BCUT2D eigenvalue weighted by Gasteiger charge is -2.24. The van der Waals surface area contributed by atoms with Gasteiger partial charge in [-0.25, -0.2) is 0 Å². The molecule has 1 heterocycles. The van der Waals surface area contributed by atoms with Gasteiger partial charge in [0.15, 0.2) is 0 Å². The third kappa shape index (κ3) is 3.20. The fraction of sp³-hybridized carbons (Fsp3) is 0.286. The van der Waals surface area contributed by atoms with Crippen LogP contribution in [0.4, 0.5) is 0 Å². The molecule has 0 bridgehead atoms. The first kappa shape index (κ1) is 13.3. The summed E-state index contributed by atoms with van der Waals surface area (Å²) >= 11 is 0. The van der Waals surface area contributed by atoms with Crippen LogP contribution in [-0.4, -0.2) is 22.2 Å². The molecule has 19 heavy (non-hydrogen) atoms. The van der Waals surface area contributed by atoms with E-state index < -0.39 is 5.54 Å². The number of aromatic nitrogens is 2. The molecule has 1 aromatic heterocycles. The Bertz CT molecular complexity index is 520. The Morgan fingerprint density at radius 3 is 2.74 bits per heavy atom. The molecule has 0 saturated heterocycles. The average molecular weight is 258 g/mol. The first-order chi connectivity index (χ1) is 9.10. The molecule has 0 aliphatic carbocycles. The summed E-state index contributed by atoms with van der Waals surface area (Å²) in [6.07, 6.45) is 3.56. The van der Waals surface area contributed by atoms with Gasteiger partial charge in [-0.15, -0.1) is 0 Å². The van der Waals surface area contributed by atoms with Crippen molar-refractivity contribution in [3.8, 4) is 0 Å². The number of amides is 1. The molecule has 1 amide bonds. The van der Waals surface area contributed by atoms with E-state index in [2.05, 4.69) is 10.4 Å². The largest absolute Gasteiger partial charge is 0.352 e. The monoisotopic (exact) mass is 258 g/mol. The number of benzene rings is 1. The summed E-state index contributed by atoms with van der Waals surface area (Å²) in [6, 6.07) is 11.2. The maximum atomic E-state index is 12.1. The van der Waals surface area contributed by atoms with Crippen molar-refractivity contribution >= 4 is 5.91 Å². The van der Waals surface area contributed by atoms with Crippen molar-refractivity contribution in [3.63, 3.8) is 0 Å². The summed E-state index contributed by atoms with van der Waals surface area (Å²) in [6.45, 7) is 2.84. The third-order valence-corrected chi connectivity index (χ3v) is 3.03. The number of rotatable bonds is 5. The zero-order valence-corrected chi connectivity index (χ0v) is 10.9. The zero-order valence-electron chi connectivity index (χ0n) is 10.9. The number of hydrogen-bond donors (Lipinski definition) is 2. The molecule has 1 unspecified atom stereocenters. The molecule has 0 saturated carbocycles. The van der Waals surface area contributed by atoms with Crippen molar-refractivity contribution in [2.75, 3.05) is 6.54 Å². The van der Waals surface area contributed by atoms with Crippen LogP contribution >= 0.6 is 0 Å². The van der Waals surface area contributed by atoms with Crippen molar-refractivity contribution in [1.82, 2.24) is 15.1 Å². The van der Waals surface area contributed by atoms with Crippen LogP contribution < -0.4 is 11.1 Å². The molecule has 2 rings (SSSR count). The molecule has 1 aromatic carbocycles. The maximum Gasteiger partial charge on any atom is 0.244 e. The minimum Gasteiger partial charge on any atom is -0.352 e. The fourth-order valence-corrected chi connectivity index (χ4v) is 1.82. The highest BCUT2D eigenvalue weighted by Crippen LogP contribution is 2.17. The molecule has 2 aromatic rings. The SMILES string of the molecule is CC(N)(C(=O)NCCn1cccn1)c1ccccc1. The fourth-order valence-electron chi connectivity index (χ4n) is 1.82. The molecule has 0 spiro atoms. The highest BCUT2D eigenvalue weighted by Gasteiger charge is 2.29. The minimum absolute atomic E-state index is 0.189. The van der Waals surface area contributed by atoms with Crippen LogP contribution in [-0.2, 0) is 16.9 Å². The van der Waals surface area contributed by atoms with Crippen molar-refractivity contribution in [2.24, 2.45) is 5.73 Å². The van der Waals surface area contributed by atoms with Crippen LogP contribution in [0.5, 0.6) is 0 Å². The second-order valence-corrected chi connectivity index (χ2v) is 4.59. The number of nitrogens with zero attached hydrogens (tertiary/aromatic N) is 2. The van der Waals surface area contributed by atoms with E-state index in [-0.39, 0.29) is 5.91 Å². The molecule has 5 nitrogen and oxygen atoms in total. The smallest absolute Gasteiger partial charge is 0.244 e. The summed E-state index contributed by atoms with van der Waals surface area (Å²) in [7, 11) is 0. The lowest BCUT2D eigenvalue weighted by atomic mass is 9.92. The van der Waals surface area contributed by atoms with Gasteiger partial charge in [-0.1, -0.05) is 30.3 Å². The first-order valence-electron chi connectivity index (χ1n) is 6.21. The summed E-state index contributed by atoms with van der Waals surface area (Å²) in [5.41, 5.74) is 5.88. The minimum atomic E-state index is -1.02. The molecule has 0 radical (unpaired) electrons. The molecule has 0 aliphatic rings. The molecule has 0 aliphatic heterocycles. The molecule has 3 N–H and O–H groups in total. The first-order valence-corrected chi connectivity index (χ1v) is 6.21. The molecule has 5 heteroatoms. The van der Waals surface area contributed by atoms with Crippen molar-refractivity contribution in [3.05, 3.63) is 54.4 Å². The Hall–Kier alpha value is -2.14. The van der Waals surface area contributed by atoms with Gasteiger partial charge in [0.2, 0.25) is 5.91 Å². The van der Waals surface area contributed by atoms with Gasteiger partial charge in [0, 0.05) is 18.9 Å². The molecule has 0 fully saturated rings. The summed E-state index contributed by atoms with van der Waals surface area (Å²) in [5, 5.41) is 6.90. The second-order valence-electron chi connectivity index (χ2n) is 4.59. The van der Waals surface area contributed by atoms with Crippen molar-refractivity contribution in [1.29, 1.82) is 0 Å². The van der Waals surface area contributed by atoms with Gasteiger partial charge in [0.1, 0.15) is 5.54 Å². The number of nitrogens with two attached hydrogens (primary N) is 1. The van der Waals surface area contributed by atoms with Crippen LogP contribution in [0.2, 0.25) is 0 Å². The van der Waals surface area contributed by atoms with E-state index in [4.69, 9.17) is 5.73 Å². The second kappa shape index (κ2) is 5.67. The van der Waals surface area contributed by atoms with Crippen LogP contribution in [0.25, 0.3) is 0 Å². The van der Waals surface area contributed by atoms with E-state index in [1.54, 1.807) is 17.8 Å². The standard InChI is InChI=1S/C14H18N4O/c1-14(15,12-6-3-2-4-7-12)13(19)16-9-11-18-10-5-8-17-18/h2-8,10H,9,11,15H2,1H3,(H,16,19). The van der Waals surface area contributed by atoms with E-state index in [9.17, 15) is 4.79 Å². The van der Waals surface area contributed by atoms with Gasteiger partial charge >= 0.3 is 0 Å². The molecular weight excluding hydrogens is 240 g/mol. The predicted molar refractivity (Wildman–Crippen MR) is 73.2 cm³/mol. The van der Waals surface area contributed by atoms with Gasteiger partial charge < -0.3 is 11.1 Å². The number of nitrogens with one attached hydrogen (secondary N) is 1. The Labute approximate surface area is 112 Å². The average Bonchev–Trinajstić information content (AvgIpc) is 2.93. The predicted octanol–water partition coefficient (Wildman–Crippen LogP) is 0.873. The Morgan fingerprint density at radius 1 is 1.37 bits per heavy atom. The normalized spacial score (nSPS) is 13.8. The van der Waals surface area contributed by atoms with Gasteiger partial charge in [-0.3, -0.25) is 9.48 Å². The van der Waals surface area contributed by atoms with E-state index in [1.807, 2.05) is 42.6 Å². The van der Waals surface area contributed by atoms with Crippen molar-refractivity contribution < 1.29 is 4.79 Å². The number of hydrogen-bond acceptors (Lipinski definition) is 3. The quantitative estimate of drug-likeness (QED) is 0.836. The maximum absolute atomic E-state index is 12.1. The topological polar surface area (TPSA) is 72.9 Å². The molecule has 1 atom stereocenters. The number of carbonyl (C=O) groups excluding carboxylic acids is 1. The van der Waals surface area contributed by atoms with Crippen LogP contribution in [0.1, 0.15) is 12.5 Å². The van der Waals surface area contributed by atoms with Gasteiger partial charge in [-0.05, 0) is 18.6 Å². The van der Waals surface area contributed by atoms with Gasteiger partial charge in [0.25, 0.3) is 0 Å². The Morgan fingerprint density at radius 2 is 2.11 bits per heavy atom. The summed E-state index contributed by atoms with van der Waals surface area (Å²) in [4.78, 5) is 12.1. The van der Waals surface area contributed by atoms with Crippen LogP contribution in [0, 0.1) is 0 Å². The Kier molecular flexibility index (Phi) is 3.97. The van der Waals surface area contributed by atoms with Crippen LogP contribution in [0.3, 0.4) is 0 Å². The van der Waals surface area contributed by atoms with E-state index in [1.165, 1.54) is 0 Å².